The summed E-state index contributed by atoms with van der Waals surface area (Å²) in [7, 11) is 0. The van der Waals surface area contributed by atoms with Gasteiger partial charge in [-0.15, -0.1) is 0 Å². The largest absolute Gasteiger partial charge is 0.335 e. The standard InChI is InChI=1S/C15H21N3O2/c1-10-7-8-13(9-14(10)16-11(2)19)18-15(20)17-12-5-3-4-6-12/h7-9,12H,3-6H2,1-2H3,(H,16,19)(H2,17,18,20). The number of carbonyl (C=O) groups is 2. The van der Waals surface area contributed by atoms with Crippen LogP contribution in [-0.4, -0.2) is 18.0 Å². The first-order valence-corrected chi connectivity index (χ1v) is 7.00. The number of aryl methyl sites for hydroxylation is 1. The Balaban J connectivity index is 1.97. The van der Waals surface area contributed by atoms with Crippen molar-refractivity contribution in [1.29, 1.82) is 0 Å². The highest BCUT2D eigenvalue weighted by atomic mass is 16.2. The number of urea groups is 1. The van der Waals surface area contributed by atoms with Crippen LogP contribution in [0.25, 0.3) is 0 Å². The second-order valence-electron chi connectivity index (χ2n) is 5.29. The van der Waals surface area contributed by atoms with Gasteiger partial charge in [-0.25, -0.2) is 4.79 Å². The summed E-state index contributed by atoms with van der Waals surface area (Å²) in [5.74, 6) is -0.124. The molecule has 1 aromatic carbocycles. The third-order valence-corrected chi connectivity index (χ3v) is 3.50. The molecule has 0 heterocycles. The molecule has 0 atom stereocenters. The van der Waals surface area contributed by atoms with Crippen LogP contribution in [-0.2, 0) is 4.79 Å². The molecule has 1 aliphatic rings. The maximum atomic E-state index is 11.9. The summed E-state index contributed by atoms with van der Waals surface area (Å²) in [6.45, 7) is 3.37. The molecule has 5 heteroatoms. The summed E-state index contributed by atoms with van der Waals surface area (Å²) in [4.78, 5) is 23.0. The van der Waals surface area contributed by atoms with E-state index >= 15 is 0 Å². The third kappa shape index (κ3) is 3.98. The molecule has 0 spiro atoms. The van der Waals surface area contributed by atoms with Crippen molar-refractivity contribution >= 4 is 23.3 Å². The van der Waals surface area contributed by atoms with E-state index in [0.29, 0.717) is 5.69 Å². The summed E-state index contributed by atoms with van der Waals surface area (Å²) < 4.78 is 0. The molecule has 1 aliphatic carbocycles. The Morgan fingerprint density at radius 2 is 1.85 bits per heavy atom. The first-order chi connectivity index (χ1) is 9.54. The molecule has 20 heavy (non-hydrogen) atoms. The van der Waals surface area contributed by atoms with Gasteiger partial charge in [0.15, 0.2) is 0 Å². The van der Waals surface area contributed by atoms with Gasteiger partial charge in [-0.2, -0.15) is 0 Å². The van der Waals surface area contributed by atoms with Gasteiger partial charge >= 0.3 is 6.03 Å². The minimum absolute atomic E-state index is 0.124. The zero-order chi connectivity index (χ0) is 14.5. The highest BCUT2D eigenvalue weighted by Crippen LogP contribution is 2.21. The Morgan fingerprint density at radius 1 is 1.15 bits per heavy atom. The number of amides is 3. The summed E-state index contributed by atoms with van der Waals surface area (Å²) in [5.41, 5.74) is 2.35. The number of rotatable bonds is 3. The Labute approximate surface area is 119 Å². The molecule has 0 radical (unpaired) electrons. The lowest BCUT2D eigenvalue weighted by molar-refractivity contribution is -0.114. The fourth-order valence-corrected chi connectivity index (χ4v) is 2.45. The van der Waals surface area contributed by atoms with Gasteiger partial charge in [0.05, 0.1) is 0 Å². The van der Waals surface area contributed by atoms with Crippen molar-refractivity contribution in [3.8, 4) is 0 Å². The van der Waals surface area contributed by atoms with Crippen molar-refractivity contribution in [2.45, 2.75) is 45.6 Å². The Kier molecular flexibility index (Phi) is 4.61. The summed E-state index contributed by atoms with van der Waals surface area (Å²) in [6.07, 6.45) is 4.47. The first-order valence-electron chi connectivity index (χ1n) is 7.00. The average molecular weight is 275 g/mol. The minimum atomic E-state index is -0.186. The molecule has 1 saturated carbocycles. The zero-order valence-corrected chi connectivity index (χ0v) is 12.0. The van der Waals surface area contributed by atoms with E-state index in [1.807, 2.05) is 19.1 Å². The highest BCUT2D eigenvalue weighted by Gasteiger charge is 2.17. The van der Waals surface area contributed by atoms with E-state index in [9.17, 15) is 9.59 Å². The monoisotopic (exact) mass is 275 g/mol. The van der Waals surface area contributed by atoms with Crippen LogP contribution >= 0.6 is 0 Å². The van der Waals surface area contributed by atoms with E-state index in [1.54, 1.807) is 6.07 Å². The molecule has 0 aromatic heterocycles. The van der Waals surface area contributed by atoms with E-state index in [0.717, 1.165) is 24.1 Å². The van der Waals surface area contributed by atoms with Gasteiger partial charge in [0.2, 0.25) is 5.91 Å². The number of nitrogens with one attached hydrogen (secondary N) is 3. The zero-order valence-electron chi connectivity index (χ0n) is 12.0. The van der Waals surface area contributed by atoms with E-state index < -0.39 is 0 Å². The lowest BCUT2D eigenvalue weighted by atomic mass is 10.2. The lowest BCUT2D eigenvalue weighted by Gasteiger charge is -2.14. The van der Waals surface area contributed by atoms with Crippen molar-refractivity contribution in [2.24, 2.45) is 0 Å². The summed E-state index contributed by atoms with van der Waals surface area (Å²) >= 11 is 0. The Bertz CT molecular complexity index is 508. The molecule has 1 fully saturated rings. The van der Waals surface area contributed by atoms with Crippen molar-refractivity contribution in [3.05, 3.63) is 23.8 Å². The lowest BCUT2D eigenvalue weighted by Crippen LogP contribution is -2.36. The van der Waals surface area contributed by atoms with Crippen LogP contribution in [0.2, 0.25) is 0 Å². The number of anilines is 2. The Hall–Kier alpha value is -2.04. The normalized spacial score (nSPS) is 14.9. The Morgan fingerprint density at radius 3 is 2.50 bits per heavy atom. The second-order valence-corrected chi connectivity index (χ2v) is 5.29. The van der Waals surface area contributed by atoms with Crippen molar-refractivity contribution in [1.82, 2.24) is 5.32 Å². The number of hydrogen-bond acceptors (Lipinski definition) is 2. The van der Waals surface area contributed by atoms with E-state index in [2.05, 4.69) is 16.0 Å². The number of hydrogen-bond donors (Lipinski definition) is 3. The molecule has 0 unspecified atom stereocenters. The van der Waals surface area contributed by atoms with Gasteiger partial charge in [-0.1, -0.05) is 18.9 Å². The van der Waals surface area contributed by atoms with E-state index in [-0.39, 0.29) is 18.0 Å². The smallest absolute Gasteiger partial charge is 0.319 e. The molecule has 3 amide bonds. The number of carbonyl (C=O) groups excluding carboxylic acids is 2. The average Bonchev–Trinajstić information content (AvgIpc) is 2.85. The fourth-order valence-electron chi connectivity index (χ4n) is 2.45. The summed E-state index contributed by atoms with van der Waals surface area (Å²) in [6, 6.07) is 5.57. The molecule has 5 nitrogen and oxygen atoms in total. The molecule has 2 rings (SSSR count). The molecule has 108 valence electrons. The van der Waals surface area contributed by atoms with Crippen LogP contribution in [0.1, 0.15) is 38.2 Å². The van der Waals surface area contributed by atoms with E-state index in [4.69, 9.17) is 0 Å². The molecular weight excluding hydrogens is 254 g/mol. The SMILES string of the molecule is CC(=O)Nc1cc(NC(=O)NC2CCCC2)ccc1C. The second kappa shape index (κ2) is 6.41. The quantitative estimate of drug-likeness (QED) is 0.793. The van der Waals surface area contributed by atoms with E-state index in [1.165, 1.54) is 19.8 Å². The molecule has 1 aromatic rings. The van der Waals surface area contributed by atoms with Crippen molar-refractivity contribution in [2.75, 3.05) is 10.6 Å². The van der Waals surface area contributed by atoms with Gasteiger partial charge in [-0.05, 0) is 37.5 Å². The van der Waals surface area contributed by atoms with Crippen LogP contribution < -0.4 is 16.0 Å². The predicted octanol–water partition coefficient (Wildman–Crippen LogP) is 3.02. The van der Waals surface area contributed by atoms with Crippen LogP contribution in [0.15, 0.2) is 18.2 Å². The summed E-state index contributed by atoms with van der Waals surface area (Å²) in [5, 5.41) is 8.52. The molecular formula is C15H21N3O2. The van der Waals surface area contributed by atoms with Crippen LogP contribution in [0.5, 0.6) is 0 Å². The van der Waals surface area contributed by atoms with Crippen LogP contribution in [0, 0.1) is 6.92 Å². The molecule has 0 aliphatic heterocycles. The first kappa shape index (κ1) is 14.4. The maximum Gasteiger partial charge on any atom is 0.319 e. The number of benzene rings is 1. The van der Waals surface area contributed by atoms with Gasteiger partial charge < -0.3 is 16.0 Å². The fraction of sp³-hybridized carbons (Fsp3) is 0.467. The third-order valence-electron chi connectivity index (χ3n) is 3.50. The van der Waals surface area contributed by atoms with Gasteiger partial charge in [0.1, 0.15) is 0 Å². The predicted molar refractivity (Wildman–Crippen MR) is 79.9 cm³/mol. The molecule has 0 saturated heterocycles. The highest BCUT2D eigenvalue weighted by molar-refractivity contribution is 5.93. The minimum Gasteiger partial charge on any atom is -0.335 e. The topological polar surface area (TPSA) is 70.2 Å². The molecule has 3 N–H and O–H groups in total. The van der Waals surface area contributed by atoms with Gasteiger partial charge in [-0.3, -0.25) is 4.79 Å². The van der Waals surface area contributed by atoms with Gasteiger partial charge in [0.25, 0.3) is 0 Å². The van der Waals surface area contributed by atoms with Crippen molar-refractivity contribution in [3.63, 3.8) is 0 Å². The molecule has 0 bridgehead atoms. The van der Waals surface area contributed by atoms with Crippen molar-refractivity contribution < 1.29 is 9.59 Å². The van der Waals surface area contributed by atoms with Crippen LogP contribution in [0.4, 0.5) is 16.2 Å². The van der Waals surface area contributed by atoms with Crippen LogP contribution in [0.3, 0.4) is 0 Å². The maximum absolute atomic E-state index is 11.9. The van der Waals surface area contributed by atoms with Gasteiger partial charge in [0, 0.05) is 24.3 Å².